The van der Waals surface area contributed by atoms with Crippen LogP contribution in [0.5, 0.6) is 0 Å². The van der Waals surface area contributed by atoms with Crippen molar-refractivity contribution in [3.05, 3.63) is 78.6 Å². The summed E-state index contributed by atoms with van der Waals surface area (Å²) in [7, 11) is 0. The molecule has 3 aromatic heterocycles. The van der Waals surface area contributed by atoms with Crippen molar-refractivity contribution in [1.29, 1.82) is 0 Å². The number of pyridine rings is 1. The third-order valence-electron chi connectivity index (χ3n) is 4.56. The summed E-state index contributed by atoms with van der Waals surface area (Å²) in [6.45, 7) is 2.04. The molecule has 0 fully saturated rings. The van der Waals surface area contributed by atoms with Gasteiger partial charge >= 0.3 is 0 Å². The lowest BCUT2D eigenvalue weighted by Crippen LogP contribution is -2.00. The maximum atomic E-state index is 4.78. The molecule has 5 nitrogen and oxygen atoms in total. The van der Waals surface area contributed by atoms with Gasteiger partial charge in [0.05, 0.1) is 5.52 Å². The monoisotopic (exact) mass is 351 g/mol. The Morgan fingerprint density at radius 3 is 2.78 bits per heavy atom. The van der Waals surface area contributed by atoms with E-state index in [1.807, 2.05) is 55.6 Å². The first kappa shape index (κ1) is 15.5. The van der Waals surface area contributed by atoms with E-state index >= 15 is 0 Å². The zero-order chi connectivity index (χ0) is 18.2. The van der Waals surface area contributed by atoms with E-state index in [1.165, 1.54) is 0 Å². The molecule has 5 aromatic rings. The van der Waals surface area contributed by atoms with Gasteiger partial charge in [-0.3, -0.25) is 4.98 Å². The van der Waals surface area contributed by atoms with Gasteiger partial charge in [-0.25, -0.2) is 9.97 Å². The fourth-order valence-electron chi connectivity index (χ4n) is 3.21. The topological polar surface area (TPSA) is 66.5 Å². The SMILES string of the molecule is Cc1ccnc(-c2nc(Nc3ccc4[nH]ccc4c3)c3ccccc3n2)c1. The fourth-order valence-corrected chi connectivity index (χ4v) is 3.21. The number of anilines is 2. The molecule has 0 amide bonds. The number of nitrogens with one attached hydrogen (secondary N) is 2. The van der Waals surface area contributed by atoms with Gasteiger partial charge in [0.15, 0.2) is 5.82 Å². The molecular weight excluding hydrogens is 334 g/mol. The Morgan fingerprint density at radius 2 is 1.85 bits per heavy atom. The summed E-state index contributed by atoms with van der Waals surface area (Å²) in [5.41, 5.74) is 4.87. The first-order valence-electron chi connectivity index (χ1n) is 8.80. The van der Waals surface area contributed by atoms with Crippen LogP contribution in [-0.4, -0.2) is 19.9 Å². The number of benzene rings is 2. The number of aryl methyl sites for hydroxylation is 1. The molecule has 0 atom stereocenters. The average molecular weight is 351 g/mol. The predicted molar refractivity (Wildman–Crippen MR) is 109 cm³/mol. The molecular formula is C22H17N5. The number of aromatic amines is 1. The summed E-state index contributed by atoms with van der Waals surface area (Å²) in [6.07, 6.45) is 3.73. The summed E-state index contributed by atoms with van der Waals surface area (Å²) in [5.74, 6) is 1.39. The minimum Gasteiger partial charge on any atom is -0.361 e. The molecule has 0 bridgehead atoms. The van der Waals surface area contributed by atoms with Crippen LogP contribution in [0.3, 0.4) is 0 Å². The molecule has 0 radical (unpaired) electrons. The fraction of sp³-hybridized carbons (Fsp3) is 0.0455. The molecule has 2 aromatic carbocycles. The highest BCUT2D eigenvalue weighted by molar-refractivity contribution is 5.93. The van der Waals surface area contributed by atoms with Crippen molar-refractivity contribution >= 4 is 33.3 Å². The van der Waals surface area contributed by atoms with Crippen LogP contribution in [0.2, 0.25) is 0 Å². The number of H-pyrrole nitrogens is 1. The molecule has 0 spiro atoms. The lowest BCUT2D eigenvalue weighted by Gasteiger charge is -2.11. The minimum absolute atomic E-state index is 0.614. The molecule has 0 aliphatic carbocycles. The number of para-hydroxylation sites is 1. The molecule has 0 saturated heterocycles. The van der Waals surface area contributed by atoms with Crippen LogP contribution in [-0.2, 0) is 0 Å². The first-order valence-corrected chi connectivity index (χ1v) is 8.80. The molecule has 0 aliphatic rings. The smallest absolute Gasteiger partial charge is 0.180 e. The van der Waals surface area contributed by atoms with E-state index in [0.717, 1.165) is 44.6 Å². The Morgan fingerprint density at radius 1 is 0.926 bits per heavy atom. The second-order valence-corrected chi connectivity index (χ2v) is 6.54. The van der Waals surface area contributed by atoms with Gasteiger partial charge in [-0.05, 0) is 61.0 Å². The second-order valence-electron chi connectivity index (χ2n) is 6.54. The molecule has 0 aliphatic heterocycles. The van der Waals surface area contributed by atoms with Gasteiger partial charge in [-0.2, -0.15) is 0 Å². The van der Waals surface area contributed by atoms with Gasteiger partial charge in [-0.15, -0.1) is 0 Å². The summed E-state index contributed by atoms with van der Waals surface area (Å²) >= 11 is 0. The van der Waals surface area contributed by atoms with E-state index in [4.69, 9.17) is 9.97 Å². The third kappa shape index (κ3) is 2.89. The molecule has 5 heteroatoms. The van der Waals surface area contributed by atoms with E-state index in [0.29, 0.717) is 5.82 Å². The summed E-state index contributed by atoms with van der Waals surface area (Å²) in [6, 6.07) is 20.2. The van der Waals surface area contributed by atoms with Crippen LogP contribution in [0.25, 0.3) is 33.3 Å². The van der Waals surface area contributed by atoms with Crippen LogP contribution in [0.4, 0.5) is 11.5 Å². The van der Waals surface area contributed by atoms with E-state index in [2.05, 4.69) is 33.5 Å². The van der Waals surface area contributed by atoms with Gasteiger partial charge in [0.1, 0.15) is 11.5 Å². The number of fused-ring (bicyclic) bond motifs is 2. The molecule has 2 N–H and O–H groups in total. The average Bonchev–Trinajstić information content (AvgIpc) is 3.16. The molecule has 27 heavy (non-hydrogen) atoms. The number of hydrogen-bond acceptors (Lipinski definition) is 4. The van der Waals surface area contributed by atoms with Gasteiger partial charge in [0.2, 0.25) is 0 Å². The van der Waals surface area contributed by atoms with Crippen LogP contribution in [0.15, 0.2) is 73.1 Å². The van der Waals surface area contributed by atoms with Crippen LogP contribution >= 0.6 is 0 Å². The number of nitrogens with zero attached hydrogens (tertiary/aromatic N) is 3. The zero-order valence-corrected chi connectivity index (χ0v) is 14.8. The van der Waals surface area contributed by atoms with Crippen molar-refractivity contribution in [2.24, 2.45) is 0 Å². The Kier molecular flexibility index (Phi) is 3.57. The maximum absolute atomic E-state index is 4.78. The Bertz CT molecular complexity index is 1270. The van der Waals surface area contributed by atoms with Crippen molar-refractivity contribution in [3.8, 4) is 11.5 Å². The summed E-state index contributed by atoms with van der Waals surface area (Å²) in [5, 5.41) is 5.59. The van der Waals surface area contributed by atoms with Crippen molar-refractivity contribution in [1.82, 2.24) is 19.9 Å². The Hall–Kier alpha value is -3.73. The summed E-state index contributed by atoms with van der Waals surface area (Å²) < 4.78 is 0. The zero-order valence-electron chi connectivity index (χ0n) is 14.8. The largest absolute Gasteiger partial charge is 0.361 e. The van der Waals surface area contributed by atoms with E-state index < -0.39 is 0 Å². The second kappa shape index (κ2) is 6.21. The van der Waals surface area contributed by atoms with Crippen LogP contribution in [0.1, 0.15) is 5.56 Å². The molecule has 0 saturated carbocycles. The number of rotatable bonds is 3. The lowest BCUT2D eigenvalue weighted by molar-refractivity contribution is 1.17. The van der Waals surface area contributed by atoms with Gasteiger partial charge in [0, 0.05) is 34.4 Å². The molecule has 3 heterocycles. The van der Waals surface area contributed by atoms with Crippen LogP contribution in [0, 0.1) is 6.92 Å². The normalized spacial score (nSPS) is 11.1. The highest BCUT2D eigenvalue weighted by atomic mass is 15.0. The maximum Gasteiger partial charge on any atom is 0.180 e. The van der Waals surface area contributed by atoms with Gasteiger partial charge in [-0.1, -0.05) is 12.1 Å². The molecule has 130 valence electrons. The highest BCUT2D eigenvalue weighted by Gasteiger charge is 2.11. The van der Waals surface area contributed by atoms with Gasteiger partial charge < -0.3 is 10.3 Å². The number of hydrogen-bond donors (Lipinski definition) is 2. The van der Waals surface area contributed by atoms with E-state index in [-0.39, 0.29) is 0 Å². The van der Waals surface area contributed by atoms with E-state index in [9.17, 15) is 0 Å². The number of aromatic nitrogens is 4. The predicted octanol–water partition coefficient (Wildman–Crippen LogP) is 5.23. The van der Waals surface area contributed by atoms with Crippen molar-refractivity contribution < 1.29 is 0 Å². The lowest BCUT2D eigenvalue weighted by atomic mass is 10.2. The van der Waals surface area contributed by atoms with Gasteiger partial charge in [0.25, 0.3) is 0 Å². The minimum atomic E-state index is 0.614. The van der Waals surface area contributed by atoms with Crippen molar-refractivity contribution in [2.75, 3.05) is 5.32 Å². The molecule has 0 unspecified atom stereocenters. The van der Waals surface area contributed by atoms with Crippen molar-refractivity contribution in [2.45, 2.75) is 6.92 Å². The standard InChI is InChI=1S/C22H17N5/c1-14-8-10-24-20(12-14)22-26-19-5-3-2-4-17(19)21(27-22)25-16-6-7-18-15(13-16)9-11-23-18/h2-13,23H,1H3,(H,25,26,27). The Labute approximate surface area is 156 Å². The molecule has 5 rings (SSSR count). The van der Waals surface area contributed by atoms with Crippen LogP contribution < -0.4 is 5.32 Å². The van der Waals surface area contributed by atoms with E-state index in [1.54, 1.807) is 6.20 Å². The third-order valence-corrected chi connectivity index (χ3v) is 4.56. The summed E-state index contributed by atoms with van der Waals surface area (Å²) in [4.78, 5) is 17.2. The van der Waals surface area contributed by atoms with Crippen molar-refractivity contribution in [3.63, 3.8) is 0 Å². The Balaban J connectivity index is 1.65. The quantitative estimate of drug-likeness (QED) is 0.467. The highest BCUT2D eigenvalue weighted by Crippen LogP contribution is 2.28. The first-order chi connectivity index (χ1) is 13.3.